The van der Waals surface area contributed by atoms with E-state index in [0.717, 1.165) is 39.9 Å². The zero-order valence-corrected chi connectivity index (χ0v) is 90.8. The molecular formula is C136H132B3N7. The van der Waals surface area contributed by atoms with Gasteiger partial charge in [-0.3, -0.25) is 0 Å². The fourth-order valence-electron chi connectivity index (χ4n) is 28.3. The van der Waals surface area contributed by atoms with Crippen LogP contribution in [0.1, 0.15) is 203 Å². The Labute approximate surface area is 865 Å². The molecule has 3 aliphatic carbocycles. The largest absolute Gasteiger partial charge is 0.309 e. The van der Waals surface area contributed by atoms with Gasteiger partial charge in [-0.1, -0.05) is 404 Å². The molecule has 7 nitrogen and oxygen atoms in total. The first-order chi connectivity index (χ1) is 69.7. The van der Waals surface area contributed by atoms with Gasteiger partial charge in [0, 0.05) is 48.6 Å². The zero-order chi connectivity index (χ0) is 103. The number of aromatic nitrogens is 7. The third kappa shape index (κ3) is 15.2. The Bertz CT molecular complexity index is 8440. The Morgan fingerprint density at radius 3 is 0.904 bits per heavy atom. The second-order valence-electron chi connectivity index (χ2n) is 45.2. The summed E-state index contributed by atoms with van der Waals surface area (Å²) in [6.07, 6.45) is 2.07. The number of hydrogen-bond donors (Lipinski definition) is 0. The number of para-hydroxylation sites is 3. The molecule has 0 radical (unpaired) electrons. The van der Waals surface area contributed by atoms with E-state index >= 15 is 0 Å². The highest BCUT2D eigenvalue weighted by Gasteiger charge is 2.44. The van der Waals surface area contributed by atoms with Gasteiger partial charge < -0.3 is 13.7 Å². The molecule has 720 valence electrons. The summed E-state index contributed by atoms with van der Waals surface area (Å²) in [5.74, 6) is 0. The van der Waals surface area contributed by atoms with Gasteiger partial charge in [-0.15, -0.1) is 0 Å². The number of rotatable bonds is 12. The Hall–Kier alpha value is -14.7. The maximum Gasteiger partial charge on any atom is 0.291 e. The Morgan fingerprint density at radius 2 is 0.527 bits per heavy atom. The molecule has 16 aromatic carbocycles. The van der Waals surface area contributed by atoms with E-state index in [-0.39, 0.29) is 36.4 Å². The van der Waals surface area contributed by atoms with Gasteiger partial charge in [0.1, 0.15) is 0 Å². The number of hydrogen-bond acceptors (Lipinski definition) is 4. The minimum absolute atomic E-state index is 0.0697. The van der Waals surface area contributed by atoms with E-state index in [2.05, 4.69) is 488 Å². The van der Waals surface area contributed by atoms with Crippen molar-refractivity contribution < 1.29 is 0 Å². The average Bonchev–Trinajstić information content (AvgIpc) is 1.53. The highest BCUT2D eigenvalue weighted by molar-refractivity contribution is 6.97. The van der Waals surface area contributed by atoms with Crippen molar-refractivity contribution in [3.05, 3.63) is 435 Å². The number of aryl methyl sites for hydroxylation is 23. The van der Waals surface area contributed by atoms with Crippen LogP contribution in [-0.4, -0.2) is 53.8 Å². The summed E-state index contributed by atoms with van der Waals surface area (Å²) in [6.45, 7) is 65.6. The predicted octanol–water partition coefficient (Wildman–Crippen LogP) is 27.5. The lowest BCUT2D eigenvalue weighted by atomic mass is 9.34. The molecule has 10 heteroatoms. The molecule has 21 aromatic rings. The Balaban J connectivity index is 0.000000125. The molecule has 0 unspecified atom stereocenters. The minimum atomic E-state index is -0.119. The van der Waals surface area contributed by atoms with Crippen LogP contribution in [0.5, 0.6) is 0 Å². The summed E-state index contributed by atoms with van der Waals surface area (Å²) in [6, 6.07) is 101. The smallest absolute Gasteiger partial charge is 0.291 e. The molecule has 0 bridgehead atoms. The molecular weight excluding hydrogens is 1760 g/mol. The number of fused-ring (bicyclic) bond motifs is 20. The molecule has 0 saturated carbocycles. The van der Waals surface area contributed by atoms with Crippen LogP contribution in [0.4, 0.5) is 0 Å². The first kappa shape index (κ1) is 96.1. The van der Waals surface area contributed by atoms with E-state index in [4.69, 9.17) is 19.9 Å². The van der Waals surface area contributed by atoms with Crippen LogP contribution in [0.3, 0.4) is 0 Å². The summed E-state index contributed by atoms with van der Waals surface area (Å²) >= 11 is 0. The topological polar surface area (TPSA) is 66.3 Å². The van der Waals surface area contributed by atoms with Crippen molar-refractivity contribution in [2.75, 3.05) is 0 Å². The van der Waals surface area contributed by atoms with Gasteiger partial charge in [0.2, 0.25) is 6.71 Å². The van der Waals surface area contributed by atoms with Gasteiger partial charge in [-0.05, 0) is 280 Å². The third-order valence-corrected chi connectivity index (χ3v) is 33.5. The zero-order valence-electron chi connectivity index (χ0n) is 90.8. The van der Waals surface area contributed by atoms with Crippen molar-refractivity contribution in [1.29, 1.82) is 0 Å². The summed E-state index contributed by atoms with van der Waals surface area (Å²) < 4.78 is 7.37. The number of benzene rings is 16. The van der Waals surface area contributed by atoms with Crippen LogP contribution in [-0.2, 0) is 16.2 Å². The fourth-order valence-corrected chi connectivity index (χ4v) is 28.3. The summed E-state index contributed by atoms with van der Waals surface area (Å²) in [5.41, 5.74) is 67.1. The van der Waals surface area contributed by atoms with Crippen LogP contribution < -0.4 is 49.7 Å². The van der Waals surface area contributed by atoms with E-state index in [1.807, 2.05) is 0 Å². The summed E-state index contributed by atoms with van der Waals surface area (Å²) in [7, 11) is 0. The van der Waals surface area contributed by atoms with Gasteiger partial charge in [-0.2, -0.15) is 0 Å². The second-order valence-corrected chi connectivity index (χ2v) is 45.2. The summed E-state index contributed by atoms with van der Waals surface area (Å²) in [4.78, 5) is 21.6. The van der Waals surface area contributed by atoms with E-state index in [9.17, 15) is 0 Å². The van der Waals surface area contributed by atoms with Crippen molar-refractivity contribution in [3.8, 4) is 50.4 Å². The standard InChI is InChI=1S/C47H46BN.C45H44BN3.C44H42BN3/c1-27-21-29(3)44(30(4)22-27)48(45-31(5)23-28(2)24-32(45)6)35-25-33(7)46(34(8)26-35)49-40-18-14-12-16-38(40)42-41(49)20-19-37-36-15-11-13-17-39(36)47(9,10)43(37)42;1-25-21-27(3)41(28(4)22-25)46(42-29(5)23-26(2)24-30(42)6)44-47-31(7)43(32(8)48-44)49-37-18-14-12-16-35(37)39-38(49)20-19-34-33-15-11-13-17-36(33)45(9,10)40(34)39;1-25-18-27(3)41(28(4)19-25)45(42-29(5)20-26(2)21-30(42)6)43-46-24-40(31(7)47-43)48-38-17-13-11-15-33(38)35-22-34-32-14-10-12-16-36(32)44(8,9)37(34)23-39(35)48/h11-26H,1-10H3;11-24H,1-10H3;10-24H,1-9H3. The first-order valence-electron chi connectivity index (χ1n) is 52.5. The molecule has 0 aliphatic heterocycles. The molecule has 5 aromatic heterocycles. The SMILES string of the molecule is Cc1cc(C)c(B(c2cc(C)c(-n3c4ccccc4c4c5c(ccc43)-c3ccccc3C5(C)C)c(C)c2)c2c(C)cc(C)cc2C)c(C)c1.Cc1cc(C)c(B(c2nc(C)c(-n3c4ccccc4c4c5c(ccc43)-c3ccccc3C5(C)C)c(C)n2)c2c(C)cc(C)cc2C)c(C)c1.Cc1cc(C)c(B(c2ncc(-n3c4ccccc4c4cc5c(cc43)C(C)(C)c3ccccc3-5)c(C)n2)c2c(C)cc(C)cc2C)c(C)c1. The molecule has 0 amide bonds. The van der Waals surface area contributed by atoms with Gasteiger partial charge in [-0.25, -0.2) is 19.9 Å². The fraction of sp³-hybridized carbons (Fsp3) is 0.235. The first-order valence-corrected chi connectivity index (χ1v) is 52.5. The van der Waals surface area contributed by atoms with Crippen LogP contribution in [0, 0.1) is 159 Å². The van der Waals surface area contributed by atoms with Gasteiger partial charge in [0.05, 0.1) is 84.9 Å². The van der Waals surface area contributed by atoms with Crippen molar-refractivity contribution in [3.63, 3.8) is 0 Å². The van der Waals surface area contributed by atoms with E-state index in [1.54, 1.807) is 0 Å². The molecule has 0 saturated heterocycles. The highest BCUT2D eigenvalue weighted by atomic mass is 15.1. The average molecular weight is 1900 g/mol. The maximum absolute atomic E-state index is 5.47. The van der Waals surface area contributed by atoms with E-state index in [0.29, 0.717) is 0 Å². The van der Waals surface area contributed by atoms with E-state index < -0.39 is 0 Å². The maximum atomic E-state index is 5.47. The Kier molecular flexibility index (Phi) is 23.4. The predicted molar refractivity (Wildman–Crippen MR) is 628 cm³/mol. The summed E-state index contributed by atoms with van der Waals surface area (Å²) in [5, 5.41) is 7.81. The second kappa shape index (κ2) is 35.6. The minimum Gasteiger partial charge on any atom is -0.309 e. The van der Waals surface area contributed by atoms with E-state index in [1.165, 1.54) is 287 Å². The third-order valence-electron chi connectivity index (χ3n) is 33.5. The molecule has 3 aliphatic rings. The van der Waals surface area contributed by atoms with Crippen molar-refractivity contribution in [2.45, 2.75) is 217 Å². The normalized spacial score (nSPS) is 13.3. The van der Waals surface area contributed by atoms with Crippen molar-refractivity contribution >= 4 is 135 Å². The molecule has 24 rings (SSSR count). The highest BCUT2D eigenvalue weighted by Crippen LogP contribution is 2.57. The van der Waals surface area contributed by atoms with Crippen LogP contribution in [0.15, 0.2) is 273 Å². The number of nitrogens with zero attached hydrogens (tertiary/aromatic N) is 7. The lowest BCUT2D eigenvalue weighted by Gasteiger charge is -2.26. The molecule has 0 spiro atoms. The van der Waals surface area contributed by atoms with Crippen molar-refractivity contribution in [2.24, 2.45) is 0 Å². The quantitative estimate of drug-likeness (QED) is 0.114. The lowest BCUT2D eigenvalue weighted by molar-refractivity contribution is 0.661. The monoisotopic (exact) mass is 1900 g/mol. The van der Waals surface area contributed by atoms with Crippen LogP contribution >= 0.6 is 0 Å². The van der Waals surface area contributed by atoms with Gasteiger partial charge >= 0.3 is 0 Å². The lowest BCUT2D eigenvalue weighted by Crippen LogP contribution is -2.58. The van der Waals surface area contributed by atoms with Crippen LogP contribution in [0.2, 0.25) is 0 Å². The molecule has 146 heavy (non-hydrogen) atoms. The van der Waals surface area contributed by atoms with Crippen molar-refractivity contribution in [1.82, 2.24) is 33.6 Å². The molecule has 5 heterocycles. The van der Waals surface area contributed by atoms with Gasteiger partial charge in [0.15, 0.2) is 0 Å². The van der Waals surface area contributed by atoms with Crippen LogP contribution in [0.25, 0.3) is 116 Å². The van der Waals surface area contributed by atoms with Gasteiger partial charge in [0.25, 0.3) is 13.4 Å². The molecule has 0 atom stereocenters. The molecule has 0 fully saturated rings. The molecule has 0 N–H and O–H groups in total. The Morgan fingerprint density at radius 1 is 0.219 bits per heavy atom.